The molecular weight excluding hydrogens is 408 g/mol. The molecule has 8 nitrogen and oxygen atoms in total. The summed E-state index contributed by atoms with van der Waals surface area (Å²) < 4.78 is 22.6. The standard InChI is InChI=1S/C24H18N4O4/c1-3-7-21(19(5-1)23-27-25-15-31-23)29-13-17-9-11-18(12-10-17)14-30-22-8-4-2-6-20(22)24-28-26-16-32-24/h1-12,15-16H,13-14H2. The van der Waals surface area contributed by atoms with Crippen LogP contribution in [0.2, 0.25) is 0 Å². The molecule has 0 aliphatic heterocycles. The van der Waals surface area contributed by atoms with Crippen molar-refractivity contribution in [2.75, 3.05) is 0 Å². The number of benzene rings is 3. The molecule has 158 valence electrons. The molecule has 2 aromatic heterocycles. The second-order valence-corrected chi connectivity index (χ2v) is 6.87. The van der Waals surface area contributed by atoms with E-state index in [4.69, 9.17) is 18.3 Å². The van der Waals surface area contributed by atoms with E-state index in [1.807, 2.05) is 72.8 Å². The Morgan fingerprint density at radius 2 is 1.00 bits per heavy atom. The molecule has 0 unspecified atom stereocenters. The molecule has 0 N–H and O–H groups in total. The normalized spacial score (nSPS) is 10.8. The molecular formula is C24H18N4O4. The van der Waals surface area contributed by atoms with E-state index in [1.54, 1.807) is 0 Å². The topological polar surface area (TPSA) is 96.3 Å². The number of hydrogen-bond acceptors (Lipinski definition) is 8. The first kappa shape index (κ1) is 19.5. The Hall–Kier alpha value is -4.46. The lowest BCUT2D eigenvalue weighted by molar-refractivity contribution is 0.303. The molecule has 0 aliphatic rings. The SMILES string of the molecule is c1ccc(-c2nnco2)c(OCc2ccc(COc3ccccc3-c3nnco3)cc2)c1. The Morgan fingerprint density at radius 1 is 0.562 bits per heavy atom. The van der Waals surface area contributed by atoms with E-state index in [-0.39, 0.29) is 0 Å². The van der Waals surface area contributed by atoms with Crippen molar-refractivity contribution in [2.45, 2.75) is 13.2 Å². The van der Waals surface area contributed by atoms with Crippen LogP contribution in [0.15, 0.2) is 94.4 Å². The van der Waals surface area contributed by atoms with E-state index >= 15 is 0 Å². The molecule has 0 saturated heterocycles. The van der Waals surface area contributed by atoms with Gasteiger partial charge in [0.05, 0.1) is 11.1 Å². The molecule has 0 spiro atoms. The number of para-hydroxylation sites is 2. The number of nitrogens with zero attached hydrogens (tertiary/aromatic N) is 4. The molecule has 2 heterocycles. The third-order valence-electron chi connectivity index (χ3n) is 4.77. The molecule has 32 heavy (non-hydrogen) atoms. The van der Waals surface area contributed by atoms with E-state index < -0.39 is 0 Å². The van der Waals surface area contributed by atoms with Crippen molar-refractivity contribution < 1.29 is 18.3 Å². The lowest BCUT2D eigenvalue weighted by atomic mass is 10.1. The van der Waals surface area contributed by atoms with E-state index in [0.717, 1.165) is 22.3 Å². The Kier molecular flexibility index (Phi) is 5.56. The third kappa shape index (κ3) is 4.34. The molecule has 0 amide bonds. The first-order valence-corrected chi connectivity index (χ1v) is 9.91. The monoisotopic (exact) mass is 426 g/mol. The maximum atomic E-state index is 5.99. The molecule has 0 radical (unpaired) electrons. The van der Waals surface area contributed by atoms with Gasteiger partial charge in [0, 0.05) is 0 Å². The van der Waals surface area contributed by atoms with Crippen LogP contribution in [-0.4, -0.2) is 20.4 Å². The molecule has 0 saturated carbocycles. The number of ether oxygens (including phenoxy) is 2. The Balaban J connectivity index is 1.22. The molecule has 3 aromatic carbocycles. The summed E-state index contributed by atoms with van der Waals surface area (Å²) in [7, 11) is 0. The van der Waals surface area contributed by atoms with Crippen LogP contribution in [0.25, 0.3) is 22.9 Å². The van der Waals surface area contributed by atoms with Crippen molar-refractivity contribution in [3.8, 4) is 34.4 Å². The van der Waals surface area contributed by atoms with Gasteiger partial charge in [-0.15, -0.1) is 20.4 Å². The summed E-state index contributed by atoms with van der Waals surface area (Å²) in [5.41, 5.74) is 3.57. The maximum Gasteiger partial charge on any atom is 0.251 e. The van der Waals surface area contributed by atoms with Gasteiger partial charge in [-0.25, -0.2) is 0 Å². The van der Waals surface area contributed by atoms with E-state index in [1.165, 1.54) is 12.8 Å². The van der Waals surface area contributed by atoms with Gasteiger partial charge < -0.3 is 18.3 Å². The predicted molar refractivity (Wildman–Crippen MR) is 115 cm³/mol. The van der Waals surface area contributed by atoms with Gasteiger partial charge in [0.2, 0.25) is 12.8 Å². The lowest BCUT2D eigenvalue weighted by Gasteiger charge is -2.11. The van der Waals surface area contributed by atoms with Crippen molar-refractivity contribution in [2.24, 2.45) is 0 Å². The van der Waals surface area contributed by atoms with Crippen LogP contribution in [0, 0.1) is 0 Å². The zero-order chi connectivity index (χ0) is 21.6. The molecule has 0 aliphatic carbocycles. The summed E-state index contributed by atoms with van der Waals surface area (Å²) in [5.74, 6) is 2.21. The highest BCUT2D eigenvalue weighted by Gasteiger charge is 2.12. The molecule has 0 fully saturated rings. The van der Waals surface area contributed by atoms with Gasteiger partial charge in [0.1, 0.15) is 24.7 Å². The number of hydrogen-bond donors (Lipinski definition) is 0. The van der Waals surface area contributed by atoms with E-state index in [9.17, 15) is 0 Å². The van der Waals surface area contributed by atoms with Crippen molar-refractivity contribution in [3.05, 3.63) is 96.7 Å². The third-order valence-corrected chi connectivity index (χ3v) is 4.77. The second-order valence-electron chi connectivity index (χ2n) is 6.87. The van der Waals surface area contributed by atoms with Crippen molar-refractivity contribution >= 4 is 0 Å². The minimum atomic E-state index is 0.409. The van der Waals surface area contributed by atoms with Crippen LogP contribution >= 0.6 is 0 Å². The molecule has 5 aromatic rings. The van der Waals surface area contributed by atoms with Crippen LogP contribution in [0.5, 0.6) is 11.5 Å². The summed E-state index contributed by atoms with van der Waals surface area (Å²) in [6.07, 6.45) is 2.60. The van der Waals surface area contributed by atoms with Gasteiger partial charge in [0.15, 0.2) is 0 Å². The van der Waals surface area contributed by atoms with Crippen molar-refractivity contribution in [3.63, 3.8) is 0 Å². The van der Waals surface area contributed by atoms with Gasteiger partial charge in [-0.3, -0.25) is 0 Å². The van der Waals surface area contributed by atoms with Crippen LogP contribution in [0.3, 0.4) is 0 Å². The molecule has 0 atom stereocenters. The molecule has 0 bridgehead atoms. The summed E-state index contributed by atoms with van der Waals surface area (Å²) in [6, 6.07) is 23.2. The number of rotatable bonds is 8. The van der Waals surface area contributed by atoms with Gasteiger partial charge in [0.25, 0.3) is 11.8 Å². The van der Waals surface area contributed by atoms with E-state index in [2.05, 4.69) is 20.4 Å². The average Bonchev–Trinajstić information content (AvgIpc) is 3.57. The smallest absolute Gasteiger partial charge is 0.251 e. The summed E-state index contributed by atoms with van der Waals surface area (Å²) in [5, 5.41) is 15.4. The highest BCUT2D eigenvalue weighted by molar-refractivity contribution is 5.62. The highest BCUT2D eigenvalue weighted by Crippen LogP contribution is 2.30. The zero-order valence-corrected chi connectivity index (χ0v) is 16.9. The van der Waals surface area contributed by atoms with Gasteiger partial charge >= 0.3 is 0 Å². The van der Waals surface area contributed by atoms with E-state index in [0.29, 0.717) is 36.5 Å². The first-order chi connectivity index (χ1) is 15.9. The summed E-state index contributed by atoms with van der Waals surface area (Å²) >= 11 is 0. The van der Waals surface area contributed by atoms with Crippen molar-refractivity contribution in [1.82, 2.24) is 20.4 Å². The minimum absolute atomic E-state index is 0.409. The fourth-order valence-corrected chi connectivity index (χ4v) is 3.17. The second kappa shape index (κ2) is 9.13. The Morgan fingerprint density at radius 3 is 1.41 bits per heavy atom. The number of aromatic nitrogens is 4. The predicted octanol–water partition coefficient (Wildman–Crippen LogP) is 4.94. The van der Waals surface area contributed by atoms with Crippen LogP contribution < -0.4 is 9.47 Å². The Labute approximate surface area is 183 Å². The molecule has 8 heteroatoms. The average molecular weight is 426 g/mol. The maximum absolute atomic E-state index is 5.99. The van der Waals surface area contributed by atoms with Crippen LogP contribution in [0.4, 0.5) is 0 Å². The van der Waals surface area contributed by atoms with Gasteiger partial charge in [-0.1, -0.05) is 48.5 Å². The summed E-state index contributed by atoms with van der Waals surface area (Å²) in [6.45, 7) is 0.818. The van der Waals surface area contributed by atoms with Gasteiger partial charge in [-0.05, 0) is 35.4 Å². The largest absolute Gasteiger partial charge is 0.488 e. The van der Waals surface area contributed by atoms with Gasteiger partial charge in [-0.2, -0.15) is 0 Å². The van der Waals surface area contributed by atoms with Crippen LogP contribution in [-0.2, 0) is 13.2 Å². The lowest BCUT2D eigenvalue weighted by Crippen LogP contribution is -2.00. The Bertz CT molecular complexity index is 1170. The fraction of sp³-hybridized carbons (Fsp3) is 0.0833. The van der Waals surface area contributed by atoms with Crippen molar-refractivity contribution in [1.29, 1.82) is 0 Å². The quantitative estimate of drug-likeness (QED) is 0.344. The highest BCUT2D eigenvalue weighted by atomic mass is 16.5. The fourth-order valence-electron chi connectivity index (χ4n) is 3.17. The zero-order valence-electron chi connectivity index (χ0n) is 16.9. The minimum Gasteiger partial charge on any atom is -0.488 e. The van der Waals surface area contributed by atoms with Crippen LogP contribution in [0.1, 0.15) is 11.1 Å². The molecule has 5 rings (SSSR count). The first-order valence-electron chi connectivity index (χ1n) is 9.91. The summed E-state index contributed by atoms with van der Waals surface area (Å²) in [4.78, 5) is 0.